The average Bonchev–Trinajstić information content (AvgIpc) is 2.03. The summed E-state index contributed by atoms with van der Waals surface area (Å²) in [4.78, 5) is 11.1. The second-order valence-corrected chi connectivity index (χ2v) is 4.09. The summed E-state index contributed by atoms with van der Waals surface area (Å²) >= 11 is -0.417. The molecule has 0 aromatic heterocycles. The van der Waals surface area contributed by atoms with Crippen molar-refractivity contribution in [3.05, 3.63) is 12.2 Å². The summed E-state index contributed by atoms with van der Waals surface area (Å²) in [6.45, 7) is 7.01. The molecule has 1 unspecified atom stereocenters. The molecule has 0 spiro atoms. The first kappa shape index (κ1) is 16.8. The Hall–Kier alpha value is -0.620. The highest BCUT2D eigenvalue weighted by Crippen LogP contribution is 2.06. The van der Waals surface area contributed by atoms with E-state index >= 15 is 0 Å². The summed E-state index contributed by atoms with van der Waals surface area (Å²) < 4.78 is 22.2. The molecule has 0 saturated heterocycles. The number of carbonyl (C=O) groups excluding carboxylic acids is 1. The van der Waals surface area contributed by atoms with Gasteiger partial charge in [-0.15, -0.1) is 0 Å². The van der Waals surface area contributed by atoms with Crippen LogP contribution in [0.3, 0.4) is 0 Å². The third-order valence-corrected chi connectivity index (χ3v) is 1.72. The Morgan fingerprint density at radius 3 is 1.93 bits per heavy atom. The van der Waals surface area contributed by atoms with Crippen LogP contribution in [0, 0.1) is 11.3 Å². The molecule has 0 aromatic carbocycles. The van der Waals surface area contributed by atoms with Gasteiger partial charge in [-0.25, -0.2) is 4.79 Å². The zero-order chi connectivity index (χ0) is 12.6. The minimum absolute atomic E-state index is 0.144. The van der Waals surface area contributed by atoms with Gasteiger partial charge in [0, 0.05) is 12.5 Å². The van der Waals surface area contributed by atoms with E-state index < -0.39 is 11.3 Å². The van der Waals surface area contributed by atoms with Crippen molar-refractivity contribution in [1.29, 1.82) is 0 Å². The van der Waals surface area contributed by atoms with Gasteiger partial charge in [0.2, 0.25) is 6.23 Å². The number of carbonyl (C=O) groups is 1. The fraction of sp³-hybridized carbons (Fsp3) is 0.667. The molecule has 0 rings (SSSR count). The molecular weight excluding hydrogens is 222 g/mol. The Morgan fingerprint density at radius 2 is 1.73 bits per heavy atom. The lowest BCUT2D eigenvalue weighted by molar-refractivity contribution is -1.41. The number of rotatable bonds is 3. The molecule has 0 fully saturated rings. The number of nitrogens with zero attached hydrogens (tertiary/aromatic N) is 1. The molecule has 0 amide bonds. The molecule has 0 N–H and O–H groups in total. The van der Waals surface area contributed by atoms with Gasteiger partial charge in [-0.1, -0.05) is 6.58 Å². The topological polar surface area (TPSA) is 72.4 Å². The lowest BCUT2D eigenvalue weighted by Crippen LogP contribution is -2.45. The number of esters is 1. The highest BCUT2D eigenvalue weighted by molar-refractivity contribution is 5.86. The van der Waals surface area contributed by atoms with Gasteiger partial charge >= 0.3 is 5.97 Å². The summed E-state index contributed by atoms with van der Waals surface area (Å²) in [6.07, 6.45) is -0.144. The van der Waals surface area contributed by atoms with Crippen LogP contribution in [0.2, 0.25) is 0 Å². The first-order chi connectivity index (χ1) is 6.66. The number of hydrogen-bond acceptors (Lipinski definition) is 4. The van der Waals surface area contributed by atoms with Crippen LogP contribution >= 0.6 is 0 Å². The smallest absolute Gasteiger partial charge is 0.337 e. The van der Waals surface area contributed by atoms with E-state index in [4.69, 9.17) is 14.1 Å². The van der Waals surface area contributed by atoms with Crippen molar-refractivity contribution in [3.63, 3.8) is 0 Å². The predicted octanol–water partition coefficient (Wildman–Crippen LogP) is -1.22. The third-order valence-electron chi connectivity index (χ3n) is 1.72. The van der Waals surface area contributed by atoms with Crippen molar-refractivity contribution in [2.45, 2.75) is 20.1 Å². The van der Waals surface area contributed by atoms with E-state index in [0.29, 0.717) is 10.1 Å². The van der Waals surface area contributed by atoms with Gasteiger partial charge in [-0.05, 0) is 6.92 Å². The Morgan fingerprint density at radius 1 is 1.40 bits per heavy atom. The lowest BCUT2D eigenvalue weighted by Gasteiger charge is -2.30. The predicted molar refractivity (Wildman–Crippen MR) is 48.4 cm³/mol. The molecule has 90 valence electrons. The Kier molecular flexibility index (Phi) is 8.56. The maximum Gasteiger partial charge on any atom is 0.337 e. The molecule has 0 aromatic rings. The number of hydrogen-bond donors (Lipinski definition) is 0. The molecule has 0 heterocycles. The van der Waals surface area contributed by atoms with Crippen LogP contribution in [0.15, 0.2) is 12.2 Å². The van der Waals surface area contributed by atoms with E-state index in [9.17, 15) is 4.79 Å². The van der Waals surface area contributed by atoms with Crippen LogP contribution in [0.4, 0.5) is 0 Å². The SMILES string of the molecule is C=C(C)C(=O)OC(C)[N+](C)(C)C.[O-][Cl+][O-]. The molecule has 0 aliphatic carbocycles. The number of quaternary nitrogens is 1. The van der Waals surface area contributed by atoms with E-state index in [0.717, 1.165) is 0 Å². The third kappa shape index (κ3) is 9.68. The molecular formula is C9H18ClNO4. The van der Waals surface area contributed by atoms with E-state index in [-0.39, 0.29) is 12.2 Å². The van der Waals surface area contributed by atoms with E-state index in [2.05, 4.69) is 6.58 Å². The minimum Gasteiger partial charge on any atom is -0.544 e. The Balaban J connectivity index is 0. The quantitative estimate of drug-likeness (QED) is 0.268. The van der Waals surface area contributed by atoms with Crippen molar-refractivity contribution in [2.24, 2.45) is 0 Å². The van der Waals surface area contributed by atoms with Gasteiger partial charge in [0.05, 0.1) is 32.5 Å². The maximum absolute atomic E-state index is 11.1. The van der Waals surface area contributed by atoms with Gasteiger partial charge in [0.25, 0.3) is 0 Å². The molecule has 0 aliphatic heterocycles. The van der Waals surface area contributed by atoms with Crippen LogP contribution in [-0.4, -0.2) is 37.8 Å². The summed E-state index contributed by atoms with van der Waals surface area (Å²) in [5, 5.41) is 0. The van der Waals surface area contributed by atoms with E-state index in [1.165, 1.54) is 0 Å². The molecule has 15 heavy (non-hydrogen) atoms. The van der Waals surface area contributed by atoms with E-state index in [1.54, 1.807) is 6.92 Å². The van der Waals surface area contributed by atoms with Crippen molar-refractivity contribution in [1.82, 2.24) is 0 Å². The normalized spacial score (nSPS) is 12.2. The summed E-state index contributed by atoms with van der Waals surface area (Å²) in [5.41, 5.74) is 0.440. The van der Waals surface area contributed by atoms with Crippen LogP contribution in [0.1, 0.15) is 13.8 Å². The molecule has 0 saturated carbocycles. The number of halogens is 1. The average molecular weight is 240 g/mol. The van der Waals surface area contributed by atoms with Crippen molar-refractivity contribution in [2.75, 3.05) is 21.1 Å². The zero-order valence-corrected chi connectivity index (χ0v) is 10.5. The molecule has 0 bridgehead atoms. The summed E-state index contributed by atoms with van der Waals surface area (Å²) in [6, 6.07) is 0. The van der Waals surface area contributed by atoms with Crippen molar-refractivity contribution >= 4 is 5.97 Å². The highest BCUT2D eigenvalue weighted by Gasteiger charge is 2.22. The fourth-order valence-corrected chi connectivity index (χ4v) is 0.414. The van der Waals surface area contributed by atoms with Gasteiger partial charge in [-0.2, -0.15) is 0 Å². The summed E-state index contributed by atoms with van der Waals surface area (Å²) in [5.74, 6) is -0.324. The van der Waals surface area contributed by atoms with Gasteiger partial charge < -0.3 is 14.1 Å². The first-order valence-corrected chi connectivity index (χ1v) is 4.85. The zero-order valence-electron chi connectivity index (χ0n) is 9.74. The second kappa shape index (κ2) is 7.64. The maximum atomic E-state index is 11.1. The molecule has 5 nitrogen and oxygen atoms in total. The molecule has 0 radical (unpaired) electrons. The second-order valence-electron chi connectivity index (χ2n) is 3.96. The van der Waals surface area contributed by atoms with Crippen LogP contribution in [-0.2, 0) is 9.53 Å². The fourth-order valence-electron chi connectivity index (χ4n) is 0.414. The molecule has 0 aliphatic rings. The highest BCUT2D eigenvalue weighted by atomic mass is 35.6. The molecule has 1 atom stereocenters. The van der Waals surface area contributed by atoms with Crippen molar-refractivity contribution in [3.8, 4) is 0 Å². The van der Waals surface area contributed by atoms with Crippen LogP contribution in [0.5, 0.6) is 0 Å². The molecule has 6 heteroatoms. The van der Waals surface area contributed by atoms with Gasteiger partial charge in [0.1, 0.15) is 0 Å². The van der Waals surface area contributed by atoms with E-state index in [1.807, 2.05) is 28.1 Å². The number of ether oxygens (including phenoxy) is 1. The minimum atomic E-state index is -0.417. The lowest BCUT2D eigenvalue weighted by atomic mass is 10.3. The van der Waals surface area contributed by atoms with Gasteiger partial charge in [0.15, 0.2) is 0 Å². The van der Waals surface area contributed by atoms with Crippen LogP contribution in [0.25, 0.3) is 0 Å². The van der Waals surface area contributed by atoms with Crippen LogP contribution < -0.4 is 9.32 Å². The van der Waals surface area contributed by atoms with Gasteiger partial charge in [-0.3, -0.25) is 4.48 Å². The Labute approximate surface area is 94.6 Å². The summed E-state index contributed by atoms with van der Waals surface area (Å²) in [7, 11) is 5.91. The monoisotopic (exact) mass is 239 g/mol. The van der Waals surface area contributed by atoms with Crippen molar-refractivity contribution < 1.29 is 34.7 Å². The first-order valence-electron chi connectivity index (χ1n) is 4.23. The largest absolute Gasteiger partial charge is 0.544 e. The Bertz CT molecular complexity index is 213. The standard InChI is InChI=1S/C9H18NO2.ClO2/c1-7(2)9(11)12-8(3)10(4,5)6;2-1-3/h8H,1H2,2-6H3;/q+1;-1.